The maximum absolute atomic E-state index is 12.2. The third kappa shape index (κ3) is 2.69. The summed E-state index contributed by atoms with van der Waals surface area (Å²) >= 11 is 3.39. The van der Waals surface area contributed by atoms with Crippen LogP contribution < -0.4 is 0 Å². The van der Waals surface area contributed by atoms with Crippen molar-refractivity contribution in [3.05, 3.63) is 64.5 Å². The molecule has 1 heterocycles. The van der Waals surface area contributed by atoms with Crippen LogP contribution in [0.25, 0.3) is 11.1 Å². The lowest BCUT2D eigenvalue weighted by Gasteiger charge is -2.15. The molecule has 0 radical (unpaired) electrons. The molecule has 0 aliphatic rings. The third-order valence-electron chi connectivity index (χ3n) is 3.33. The van der Waals surface area contributed by atoms with Crippen molar-refractivity contribution in [3.8, 4) is 0 Å². The van der Waals surface area contributed by atoms with Gasteiger partial charge in [0, 0.05) is 4.47 Å². The quantitative estimate of drug-likeness (QED) is 0.675. The van der Waals surface area contributed by atoms with Crippen molar-refractivity contribution >= 4 is 33.0 Å². The number of carbonyl (C=O) groups is 1. The summed E-state index contributed by atoms with van der Waals surface area (Å²) in [4.78, 5) is 16.3. The van der Waals surface area contributed by atoms with Gasteiger partial charge < -0.3 is 9.15 Å². The van der Waals surface area contributed by atoms with E-state index < -0.39 is 5.92 Å². The zero-order chi connectivity index (χ0) is 14.8. The number of carbonyl (C=O) groups excluding carboxylic acids is 1. The Morgan fingerprint density at radius 2 is 1.90 bits per heavy atom. The minimum atomic E-state index is -0.482. The van der Waals surface area contributed by atoms with Gasteiger partial charge in [-0.3, -0.25) is 4.79 Å². The maximum Gasteiger partial charge on any atom is 0.317 e. The monoisotopic (exact) mass is 345 g/mol. The minimum absolute atomic E-state index is 0.305. The summed E-state index contributed by atoms with van der Waals surface area (Å²) in [6.45, 7) is 0. The van der Waals surface area contributed by atoms with E-state index in [0.29, 0.717) is 5.58 Å². The zero-order valence-electron chi connectivity index (χ0n) is 11.2. The summed E-state index contributed by atoms with van der Waals surface area (Å²) in [5.41, 5.74) is 3.11. The summed E-state index contributed by atoms with van der Waals surface area (Å²) in [5, 5.41) is 0. The molecule has 1 atom stereocenters. The van der Waals surface area contributed by atoms with Crippen molar-refractivity contribution in [2.45, 2.75) is 5.92 Å². The Kier molecular flexibility index (Phi) is 3.75. The second-order valence-electron chi connectivity index (χ2n) is 4.59. The Bertz CT molecular complexity index is 780. The lowest BCUT2D eigenvalue weighted by molar-refractivity contribution is -0.141. The van der Waals surface area contributed by atoms with Crippen LogP contribution in [-0.2, 0) is 9.53 Å². The van der Waals surface area contributed by atoms with E-state index >= 15 is 0 Å². The van der Waals surface area contributed by atoms with Crippen LogP contribution in [0.2, 0.25) is 0 Å². The fraction of sp³-hybridized carbons (Fsp3) is 0.125. The Labute approximate surface area is 129 Å². The average molecular weight is 346 g/mol. The van der Waals surface area contributed by atoms with E-state index in [1.807, 2.05) is 42.5 Å². The molecular formula is C16H12BrNO3. The third-order valence-corrected chi connectivity index (χ3v) is 3.86. The van der Waals surface area contributed by atoms with Crippen molar-refractivity contribution in [1.82, 2.24) is 4.98 Å². The lowest BCUT2D eigenvalue weighted by Crippen LogP contribution is -2.15. The number of aromatic nitrogens is 1. The van der Waals surface area contributed by atoms with E-state index in [4.69, 9.17) is 9.15 Å². The predicted molar refractivity (Wildman–Crippen MR) is 82.0 cm³/mol. The van der Waals surface area contributed by atoms with Gasteiger partial charge in [0.15, 0.2) is 12.0 Å². The molecule has 1 aromatic heterocycles. The van der Waals surface area contributed by atoms with Gasteiger partial charge in [-0.05, 0) is 35.4 Å². The van der Waals surface area contributed by atoms with E-state index in [9.17, 15) is 4.79 Å². The van der Waals surface area contributed by atoms with Gasteiger partial charge in [0.1, 0.15) is 11.4 Å². The molecule has 4 nitrogen and oxygen atoms in total. The first-order valence-corrected chi connectivity index (χ1v) is 7.15. The van der Waals surface area contributed by atoms with E-state index in [1.54, 1.807) is 0 Å². The number of methoxy groups -OCH3 is 1. The Balaban J connectivity index is 2.10. The molecule has 0 aliphatic carbocycles. The lowest BCUT2D eigenvalue weighted by atomic mass is 9.91. The number of nitrogens with zero attached hydrogens (tertiary/aromatic N) is 1. The van der Waals surface area contributed by atoms with Crippen LogP contribution in [-0.4, -0.2) is 18.1 Å². The van der Waals surface area contributed by atoms with Gasteiger partial charge in [-0.2, -0.15) is 0 Å². The van der Waals surface area contributed by atoms with E-state index in [2.05, 4.69) is 20.9 Å². The number of ether oxygens (including phenoxy) is 1. The number of halogens is 1. The molecule has 106 valence electrons. The highest BCUT2D eigenvalue weighted by molar-refractivity contribution is 9.10. The molecule has 3 aromatic rings. The molecule has 0 spiro atoms. The average Bonchev–Trinajstić information content (AvgIpc) is 2.97. The molecule has 0 fully saturated rings. The molecule has 0 saturated carbocycles. The molecule has 1 unspecified atom stereocenters. The van der Waals surface area contributed by atoms with E-state index in [1.165, 1.54) is 13.5 Å². The van der Waals surface area contributed by atoms with Gasteiger partial charge in [-0.15, -0.1) is 0 Å². The highest BCUT2D eigenvalue weighted by atomic mass is 79.9. The summed E-state index contributed by atoms with van der Waals surface area (Å²) in [7, 11) is 1.39. The molecule has 0 saturated heterocycles. The van der Waals surface area contributed by atoms with Crippen molar-refractivity contribution < 1.29 is 13.9 Å². The van der Waals surface area contributed by atoms with Crippen LogP contribution in [0.5, 0.6) is 0 Å². The Morgan fingerprint density at radius 1 is 1.19 bits per heavy atom. The maximum atomic E-state index is 12.2. The summed E-state index contributed by atoms with van der Waals surface area (Å²) in [6, 6.07) is 13.1. The SMILES string of the molecule is COC(=O)C(c1ccc(Br)cc1)c1ccc2ocnc2c1. The number of oxazole rings is 1. The van der Waals surface area contributed by atoms with Gasteiger partial charge in [-0.25, -0.2) is 4.98 Å². The first kappa shape index (κ1) is 13.8. The van der Waals surface area contributed by atoms with Crippen LogP contribution in [0.3, 0.4) is 0 Å². The number of hydrogen-bond donors (Lipinski definition) is 0. The van der Waals surface area contributed by atoms with Gasteiger partial charge in [0.05, 0.1) is 7.11 Å². The Hall–Kier alpha value is -2.14. The topological polar surface area (TPSA) is 52.3 Å². The van der Waals surface area contributed by atoms with Crippen LogP contribution >= 0.6 is 15.9 Å². The fourth-order valence-corrected chi connectivity index (χ4v) is 2.56. The summed E-state index contributed by atoms with van der Waals surface area (Å²) < 4.78 is 11.1. The number of hydrogen-bond acceptors (Lipinski definition) is 4. The van der Waals surface area contributed by atoms with E-state index in [0.717, 1.165) is 21.1 Å². The van der Waals surface area contributed by atoms with Crippen molar-refractivity contribution in [2.24, 2.45) is 0 Å². The number of benzene rings is 2. The number of rotatable bonds is 3. The molecule has 0 N–H and O–H groups in total. The number of fused-ring (bicyclic) bond motifs is 1. The molecule has 3 rings (SSSR count). The smallest absolute Gasteiger partial charge is 0.317 e. The zero-order valence-corrected chi connectivity index (χ0v) is 12.8. The van der Waals surface area contributed by atoms with Gasteiger partial charge in [0.2, 0.25) is 0 Å². The summed E-state index contributed by atoms with van der Waals surface area (Å²) in [6.07, 6.45) is 1.39. The van der Waals surface area contributed by atoms with Crippen LogP contribution in [0.4, 0.5) is 0 Å². The van der Waals surface area contributed by atoms with Crippen LogP contribution in [0.1, 0.15) is 17.0 Å². The highest BCUT2D eigenvalue weighted by Gasteiger charge is 2.24. The minimum Gasteiger partial charge on any atom is -0.468 e. The van der Waals surface area contributed by atoms with Gasteiger partial charge in [0.25, 0.3) is 0 Å². The molecule has 0 aliphatic heterocycles. The molecule has 0 amide bonds. The first-order chi connectivity index (χ1) is 10.2. The standard InChI is InChI=1S/C16H12BrNO3/c1-20-16(19)15(10-2-5-12(17)6-3-10)11-4-7-14-13(8-11)18-9-21-14/h2-9,15H,1H3. The van der Waals surface area contributed by atoms with Crippen LogP contribution in [0.15, 0.2) is 57.7 Å². The largest absolute Gasteiger partial charge is 0.468 e. The van der Waals surface area contributed by atoms with Crippen molar-refractivity contribution in [1.29, 1.82) is 0 Å². The van der Waals surface area contributed by atoms with Crippen molar-refractivity contribution in [2.75, 3.05) is 7.11 Å². The molecular weight excluding hydrogens is 334 g/mol. The predicted octanol–water partition coefficient (Wildman–Crippen LogP) is 3.90. The molecule has 21 heavy (non-hydrogen) atoms. The molecule has 0 bridgehead atoms. The van der Waals surface area contributed by atoms with Gasteiger partial charge in [-0.1, -0.05) is 34.1 Å². The van der Waals surface area contributed by atoms with E-state index in [-0.39, 0.29) is 5.97 Å². The first-order valence-electron chi connectivity index (χ1n) is 6.35. The normalized spacial score (nSPS) is 12.3. The fourth-order valence-electron chi connectivity index (χ4n) is 2.29. The number of esters is 1. The second kappa shape index (κ2) is 5.69. The van der Waals surface area contributed by atoms with Gasteiger partial charge >= 0.3 is 5.97 Å². The highest BCUT2D eigenvalue weighted by Crippen LogP contribution is 2.29. The second-order valence-corrected chi connectivity index (χ2v) is 5.50. The summed E-state index contributed by atoms with van der Waals surface area (Å²) in [5.74, 6) is -0.788. The molecule has 2 aromatic carbocycles. The van der Waals surface area contributed by atoms with Crippen molar-refractivity contribution in [3.63, 3.8) is 0 Å². The van der Waals surface area contributed by atoms with Crippen LogP contribution in [0, 0.1) is 0 Å². The molecule has 5 heteroatoms. The Morgan fingerprint density at radius 3 is 2.62 bits per heavy atom.